The summed E-state index contributed by atoms with van der Waals surface area (Å²) >= 11 is 0. The highest BCUT2D eigenvalue weighted by molar-refractivity contribution is 4.84. The van der Waals surface area contributed by atoms with Crippen LogP contribution in [0, 0.1) is 11.8 Å². The maximum Gasteiger partial charge on any atom is 0.0100 e. The molecular weight excluding hydrogens is 182 g/mol. The van der Waals surface area contributed by atoms with Crippen LogP contribution < -0.4 is 5.32 Å². The summed E-state index contributed by atoms with van der Waals surface area (Å²) in [7, 11) is 0. The molecule has 1 N–H and O–H groups in total. The number of rotatable bonds is 5. The Bertz CT molecular complexity index is 161. The predicted molar refractivity (Wildman–Crippen MR) is 68.1 cm³/mol. The summed E-state index contributed by atoms with van der Waals surface area (Å²) in [4.78, 5) is 0. The number of hydrogen-bond acceptors (Lipinski definition) is 1. The number of hydrogen-bond donors (Lipinski definition) is 1. The minimum Gasteiger partial charge on any atom is -0.311 e. The third-order valence-corrected chi connectivity index (χ3v) is 4.11. The highest BCUT2D eigenvalue weighted by Crippen LogP contribution is 2.30. The van der Waals surface area contributed by atoms with Gasteiger partial charge >= 0.3 is 0 Å². The van der Waals surface area contributed by atoms with Crippen molar-refractivity contribution in [3.8, 4) is 0 Å². The lowest BCUT2D eigenvalue weighted by atomic mass is 9.77. The fourth-order valence-electron chi connectivity index (χ4n) is 2.99. The van der Waals surface area contributed by atoms with E-state index in [1.165, 1.54) is 38.5 Å². The minimum absolute atomic E-state index is 0.745. The van der Waals surface area contributed by atoms with Gasteiger partial charge in [-0.2, -0.15) is 0 Å². The van der Waals surface area contributed by atoms with Crippen molar-refractivity contribution in [1.82, 2.24) is 5.32 Å². The van der Waals surface area contributed by atoms with Crippen molar-refractivity contribution in [1.29, 1.82) is 0 Å². The molecule has 15 heavy (non-hydrogen) atoms. The van der Waals surface area contributed by atoms with Crippen LogP contribution >= 0.6 is 0 Å². The Labute approximate surface area is 96.0 Å². The van der Waals surface area contributed by atoms with Crippen LogP contribution in [0.4, 0.5) is 0 Å². The van der Waals surface area contributed by atoms with Gasteiger partial charge in [-0.3, -0.25) is 0 Å². The summed E-state index contributed by atoms with van der Waals surface area (Å²) in [5.74, 6) is 1.76. The van der Waals surface area contributed by atoms with Crippen LogP contribution in [0.15, 0.2) is 0 Å². The van der Waals surface area contributed by atoms with Gasteiger partial charge in [-0.15, -0.1) is 0 Å². The van der Waals surface area contributed by atoms with E-state index >= 15 is 0 Å². The van der Waals surface area contributed by atoms with Gasteiger partial charge in [0.05, 0.1) is 0 Å². The second kappa shape index (κ2) is 6.52. The summed E-state index contributed by atoms with van der Waals surface area (Å²) in [5.41, 5.74) is 0. The molecule has 1 fully saturated rings. The summed E-state index contributed by atoms with van der Waals surface area (Å²) in [5, 5.41) is 3.89. The molecule has 1 aliphatic rings. The summed E-state index contributed by atoms with van der Waals surface area (Å²) < 4.78 is 0. The third-order valence-electron chi connectivity index (χ3n) is 4.11. The van der Waals surface area contributed by atoms with Crippen molar-refractivity contribution in [2.75, 3.05) is 0 Å². The predicted octanol–water partition coefficient (Wildman–Crippen LogP) is 3.98. The highest BCUT2D eigenvalue weighted by Gasteiger charge is 2.28. The third kappa shape index (κ3) is 3.79. The van der Waals surface area contributed by atoms with E-state index in [1.807, 2.05) is 0 Å². The second-order valence-electron chi connectivity index (χ2n) is 5.48. The van der Waals surface area contributed by atoms with Crippen LogP contribution in [0.1, 0.15) is 66.2 Å². The molecule has 0 bridgehead atoms. The van der Waals surface area contributed by atoms with E-state index in [-0.39, 0.29) is 0 Å². The van der Waals surface area contributed by atoms with Crippen molar-refractivity contribution in [2.24, 2.45) is 11.8 Å². The topological polar surface area (TPSA) is 12.0 Å². The van der Waals surface area contributed by atoms with E-state index in [0.717, 1.165) is 23.9 Å². The maximum atomic E-state index is 3.89. The molecule has 2 unspecified atom stereocenters. The lowest BCUT2D eigenvalue weighted by Gasteiger charge is -2.37. The first-order chi connectivity index (χ1) is 7.19. The first kappa shape index (κ1) is 13.0. The monoisotopic (exact) mass is 211 g/mol. The van der Waals surface area contributed by atoms with Gasteiger partial charge in [0.1, 0.15) is 0 Å². The van der Waals surface area contributed by atoms with E-state index in [2.05, 4.69) is 33.0 Å². The summed E-state index contributed by atoms with van der Waals surface area (Å²) in [6.07, 6.45) is 8.27. The fourth-order valence-corrected chi connectivity index (χ4v) is 2.99. The molecule has 0 aromatic heterocycles. The molecule has 90 valence electrons. The summed E-state index contributed by atoms with van der Waals surface area (Å²) in [6.45, 7) is 9.37. The van der Waals surface area contributed by atoms with Gasteiger partial charge < -0.3 is 5.32 Å². The molecule has 0 radical (unpaired) electrons. The van der Waals surface area contributed by atoms with E-state index in [1.54, 1.807) is 0 Å². The molecule has 0 amide bonds. The first-order valence-electron chi connectivity index (χ1n) is 6.95. The molecular formula is C14H29N. The average molecular weight is 211 g/mol. The van der Waals surface area contributed by atoms with Gasteiger partial charge in [-0.1, -0.05) is 40.5 Å². The van der Waals surface area contributed by atoms with Crippen LogP contribution in [0.5, 0.6) is 0 Å². The van der Waals surface area contributed by atoms with Crippen LogP contribution in [0.25, 0.3) is 0 Å². The Balaban J connectivity index is 2.48. The maximum absolute atomic E-state index is 3.89. The molecule has 0 aromatic carbocycles. The van der Waals surface area contributed by atoms with Gasteiger partial charge in [0.25, 0.3) is 0 Å². The molecule has 0 heterocycles. The van der Waals surface area contributed by atoms with Crippen molar-refractivity contribution >= 4 is 0 Å². The SMILES string of the molecule is CCC(CC)NC1CCCCC1C(C)C. The summed E-state index contributed by atoms with van der Waals surface area (Å²) in [6, 6.07) is 1.54. The van der Waals surface area contributed by atoms with Crippen LogP contribution in [0.3, 0.4) is 0 Å². The molecule has 0 spiro atoms. The minimum atomic E-state index is 0.745. The average Bonchev–Trinajstić information content (AvgIpc) is 2.26. The standard InChI is InChI=1S/C14H29N/c1-5-12(6-2)15-14-10-8-7-9-13(14)11(3)4/h11-15H,5-10H2,1-4H3. The Hall–Kier alpha value is -0.0400. The lowest BCUT2D eigenvalue weighted by molar-refractivity contribution is 0.189. The molecule has 1 heteroatoms. The Morgan fingerprint density at radius 2 is 1.67 bits per heavy atom. The Morgan fingerprint density at radius 3 is 2.20 bits per heavy atom. The second-order valence-corrected chi connectivity index (χ2v) is 5.48. The van der Waals surface area contributed by atoms with Gasteiger partial charge in [0.15, 0.2) is 0 Å². The molecule has 0 aliphatic heterocycles. The fraction of sp³-hybridized carbons (Fsp3) is 1.00. The zero-order valence-corrected chi connectivity index (χ0v) is 11.1. The Kier molecular flexibility index (Phi) is 5.66. The van der Waals surface area contributed by atoms with Crippen LogP contribution in [0.2, 0.25) is 0 Å². The van der Waals surface area contributed by atoms with Gasteiger partial charge in [-0.25, -0.2) is 0 Å². The quantitative estimate of drug-likeness (QED) is 0.725. The smallest absolute Gasteiger partial charge is 0.0100 e. The molecule has 0 saturated heterocycles. The van der Waals surface area contributed by atoms with Crippen LogP contribution in [-0.4, -0.2) is 12.1 Å². The van der Waals surface area contributed by atoms with E-state index in [0.29, 0.717) is 0 Å². The van der Waals surface area contributed by atoms with E-state index in [4.69, 9.17) is 0 Å². The Morgan fingerprint density at radius 1 is 1.07 bits per heavy atom. The van der Waals surface area contributed by atoms with Crippen molar-refractivity contribution < 1.29 is 0 Å². The van der Waals surface area contributed by atoms with Gasteiger partial charge in [-0.05, 0) is 37.5 Å². The zero-order valence-electron chi connectivity index (χ0n) is 11.1. The molecule has 0 aromatic rings. The molecule has 1 aliphatic carbocycles. The number of nitrogens with one attached hydrogen (secondary N) is 1. The molecule has 1 rings (SSSR count). The van der Waals surface area contributed by atoms with Crippen LogP contribution in [-0.2, 0) is 0 Å². The van der Waals surface area contributed by atoms with E-state index < -0.39 is 0 Å². The molecule has 1 nitrogen and oxygen atoms in total. The van der Waals surface area contributed by atoms with Crippen molar-refractivity contribution in [3.63, 3.8) is 0 Å². The largest absolute Gasteiger partial charge is 0.311 e. The zero-order chi connectivity index (χ0) is 11.3. The van der Waals surface area contributed by atoms with Crippen molar-refractivity contribution in [3.05, 3.63) is 0 Å². The molecule has 2 atom stereocenters. The van der Waals surface area contributed by atoms with Gasteiger partial charge in [0.2, 0.25) is 0 Å². The first-order valence-corrected chi connectivity index (χ1v) is 6.95. The van der Waals surface area contributed by atoms with Gasteiger partial charge in [0, 0.05) is 12.1 Å². The highest BCUT2D eigenvalue weighted by atomic mass is 15.0. The lowest BCUT2D eigenvalue weighted by Crippen LogP contribution is -2.45. The van der Waals surface area contributed by atoms with Crippen molar-refractivity contribution in [2.45, 2.75) is 78.3 Å². The van der Waals surface area contributed by atoms with E-state index in [9.17, 15) is 0 Å². The molecule has 1 saturated carbocycles. The normalized spacial score (nSPS) is 27.6.